The number of ether oxygens (including phenoxy) is 1. The lowest BCUT2D eigenvalue weighted by molar-refractivity contribution is 0.345. The van der Waals surface area contributed by atoms with Gasteiger partial charge in [-0.05, 0) is 25.0 Å². The molecule has 1 aliphatic rings. The Balaban J connectivity index is 2.65. The van der Waals surface area contributed by atoms with Crippen LogP contribution in [0.5, 0.6) is 5.75 Å². The van der Waals surface area contributed by atoms with Crippen molar-refractivity contribution in [2.75, 3.05) is 6.61 Å². The van der Waals surface area contributed by atoms with Gasteiger partial charge in [0.25, 0.3) is 0 Å². The molecule has 1 aromatic rings. The maximum absolute atomic E-state index is 5.85. The van der Waals surface area contributed by atoms with E-state index in [1.165, 1.54) is 0 Å². The molecule has 0 spiro atoms. The summed E-state index contributed by atoms with van der Waals surface area (Å²) in [6, 6.07) is 0. The van der Waals surface area contributed by atoms with E-state index < -0.39 is 0 Å². The van der Waals surface area contributed by atoms with Gasteiger partial charge in [-0.15, -0.1) is 0 Å². The molecule has 2 nitrogen and oxygen atoms in total. The van der Waals surface area contributed by atoms with Gasteiger partial charge in [-0.25, -0.2) is 0 Å². The van der Waals surface area contributed by atoms with Crippen molar-refractivity contribution in [3.05, 3.63) is 66.1 Å². The molecular weight excluding hydrogens is 222 g/mol. The fraction of sp³-hybridized carbons (Fsp3) is 0.188. The fourth-order valence-corrected chi connectivity index (χ4v) is 2.06. The highest BCUT2D eigenvalue weighted by molar-refractivity contribution is 5.85. The molecule has 0 fully saturated rings. The third-order valence-electron chi connectivity index (χ3n) is 3.13. The van der Waals surface area contributed by atoms with Gasteiger partial charge in [0, 0.05) is 23.0 Å². The van der Waals surface area contributed by atoms with Crippen molar-refractivity contribution in [1.82, 2.24) is 4.98 Å². The molecule has 1 aromatic heterocycles. The topological polar surface area (TPSA) is 22.1 Å². The molecule has 1 aliphatic heterocycles. The fourth-order valence-electron chi connectivity index (χ4n) is 2.06. The number of fused-ring (bicyclic) bond motifs is 1. The van der Waals surface area contributed by atoms with Crippen molar-refractivity contribution in [3.63, 3.8) is 0 Å². The van der Waals surface area contributed by atoms with Gasteiger partial charge in [-0.1, -0.05) is 37.5 Å². The summed E-state index contributed by atoms with van der Waals surface area (Å²) in [4.78, 5) is 4.41. The molecule has 0 bridgehead atoms. The molecule has 2 rings (SSSR count). The van der Waals surface area contributed by atoms with Gasteiger partial charge in [0.15, 0.2) is 0 Å². The zero-order valence-electron chi connectivity index (χ0n) is 10.9. The van der Waals surface area contributed by atoms with E-state index in [9.17, 15) is 0 Å². The van der Waals surface area contributed by atoms with Gasteiger partial charge in [0.1, 0.15) is 12.4 Å². The number of hydrogen-bond acceptors (Lipinski definition) is 2. The molecule has 0 radical (unpaired) electrons. The van der Waals surface area contributed by atoms with Crippen molar-refractivity contribution in [2.24, 2.45) is 0 Å². The number of rotatable bonds is 2. The summed E-state index contributed by atoms with van der Waals surface area (Å²) in [7, 11) is 0. The predicted octanol–water partition coefficient (Wildman–Crippen LogP) is 3.77. The van der Waals surface area contributed by atoms with Crippen molar-refractivity contribution in [2.45, 2.75) is 13.8 Å². The first-order chi connectivity index (χ1) is 8.69. The quantitative estimate of drug-likeness (QED) is 0.783. The molecule has 0 N–H and O–H groups in total. The molecule has 2 heteroatoms. The molecule has 2 heterocycles. The predicted molar refractivity (Wildman–Crippen MR) is 75.7 cm³/mol. The first kappa shape index (κ1) is 12.4. The summed E-state index contributed by atoms with van der Waals surface area (Å²) in [5, 5.41) is 0. The number of allylic oxidation sites excluding steroid dienone is 4. The number of pyridine rings is 1. The van der Waals surface area contributed by atoms with Gasteiger partial charge in [0.2, 0.25) is 0 Å². The number of aryl methyl sites for hydroxylation is 1. The van der Waals surface area contributed by atoms with E-state index in [1.54, 1.807) is 12.2 Å². The van der Waals surface area contributed by atoms with Crippen LogP contribution in [0.2, 0.25) is 0 Å². The summed E-state index contributed by atoms with van der Waals surface area (Å²) >= 11 is 0. The Morgan fingerprint density at radius 1 is 1.22 bits per heavy atom. The molecule has 0 aromatic carbocycles. The Bertz CT molecular complexity index is 565. The second-order valence-electron chi connectivity index (χ2n) is 4.24. The lowest BCUT2D eigenvalue weighted by atomic mass is 9.94. The third-order valence-corrected chi connectivity index (χ3v) is 3.13. The van der Waals surface area contributed by atoms with E-state index in [-0.39, 0.29) is 0 Å². The lowest BCUT2D eigenvalue weighted by Gasteiger charge is -2.24. The van der Waals surface area contributed by atoms with Crippen LogP contribution in [0, 0.1) is 13.8 Å². The van der Waals surface area contributed by atoms with Crippen molar-refractivity contribution >= 4 is 5.57 Å². The molecule has 0 saturated carbocycles. The monoisotopic (exact) mass is 239 g/mol. The Morgan fingerprint density at radius 2 is 1.94 bits per heavy atom. The maximum Gasteiger partial charge on any atom is 0.133 e. The standard InChI is InChI=1S/C16H17NO/c1-5-7-13-10-18-16-11(3)12(4)17-9-15(16)14(13)8-6-2/h5-9H,1-2,10H2,3-4H3/b13-7-,14-8+. The van der Waals surface area contributed by atoms with Crippen molar-refractivity contribution < 1.29 is 4.74 Å². The van der Waals surface area contributed by atoms with Crippen LogP contribution < -0.4 is 4.74 Å². The van der Waals surface area contributed by atoms with E-state index in [1.807, 2.05) is 32.2 Å². The van der Waals surface area contributed by atoms with E-state index in [0.717, 1.165) is 33.7 Å². The molecule has 0 atom stereocenters. The first-order valence-corrected chi connectivity index (χ1v) is 5.93. The van der Waals surface area contributed by atoms with Gasteiger partial charge in [-0.2, -0.15) is 0 Å². The second kappa shape index (κ2) is 5.05. The summed E-state index contributed by atoms with van der Waals surface area (Å²) in [5.41, 5.74) is 5.34. The maximum atomic E-state index is 5.85. The number of nitrogens with zero attached hydrogens (tertiary/aromatic N) is 1. The molecule has 0 aliphatic carbocycles. The minimum absolute atomic E-state index is 0.559. The highest BCUT2D eigenvalue weighted by Crippen LogP contribution is 2.38. The van der Waals surface area contributed by atoms with Crippen LogP contribution in [-0.2, 0) is 0 Å². The Morgan fingerprint density at radius 3 is 2.61 bits per heavy atom. The zero-order valence-corrected chi connectivity index (χ0v) is 10.9. The van der Waals surface area contributed by atoms with Crippen LogP contribution in [-0.4, -0.2) is 11.6 Å². The number of aromatic nitrogens is 1. The lowest BCUT2D eigenvalue weighted by Crippen LogP contribution is -2.13. The van der Waals surface area contributed by atoms with E-state index in [0.29, 0.717) is 6.61 Å². The van der Waals surface area contributed by atoms with Crippen LogP contribution in [0.3, 0.4) is 0 Å². The van der Waals surface area contributed by atoms with E-state index in [4.69, 9.17) is 4.74 Å². The summed E-state index contributed by atoms with van der Waals surface area (Å²) in [6.07, 6.45) is 9.38. The minimum Gasteiger partial charge on any atom is -0.488 e. The Labute approximate surface area is 108 Å². The summed E-state index contributed by atoms with van der Waals surface area (Å²) in [5.74, 6) is 0.928. The average molecular weight is 239 g/mol. The molecule has 18 heavy (non-hydrogen) atoms. The Kier molecular flexibility index (Phi) is 3.47. The third kappa shape index (κ3) is 2.02. The van der Waals surface area contributed by atoms with E-state index >= 15 is 0 Å². The average Bonchev–Trinajstić information content (AvgIpc) is 2.37. The second-order valence-corrected chi connectivity index (χ2v) is 4.24. The molecule has 0 saturated heterocycles. The van der Waals surface area contributed by atoms with Crippen molar-refractivity contribution in [3.8, 4) is 5.75 Å². The first-order valence-electron chi connectivity index (χ1n) is 5.93. The van der Waals surface area contributed by atoms with Crippen LogP contribution in [0.4, 0.5) is 0 Å². The zero-order chi connectivity index (χ0) is 13.1. The van der Waals surface area contributed by atoms with Gasteiger partial charge >= 0.3 is 0 Å². The van der Waals surface area contributed by atoms with Crippen LogP contribution in [0.15, 0.2) is 49.2 Å². The normalized spacial score (nSPS) is 18.3. The Hall–Kier alpha value is -2.09. The van der Waals surface area contributed by atoms with Gasteiger partial charge in [0.05, 0.1) is 0 Å². The van der Waals surface area contributed by atoms with E-state index in [2.05, 4.69) is 18.1 Å². The molecule has 0 amide bonds. The largest absolute Gasteiger partial charge is 0.488 e. The van der Waals surface area contributed by atoms with Gasteiger partial charge < -0.3 is 4.74 Å². The highest BCUT2D eigenvalue weighted by atomic mass is 16.5. The van der Waals surface area contributed by atoms with Crippen LogP contribution >= 0.6 is 0 Å². The SMILES string of the molecule is C=C/C=C1/COc2c(cnc(C)c2C)/C1=C/C=C. The van der Waals surface area contributed by atoms with Crippen LogP contribution in [0.1, 0.15) is 16.8 Å². The summed E-state index contributed by atoms with van der Waals surface area (Å²) in [6.45, 7) is 12.1. The molecule has 92 valence electrons. The smallest absolute Gasteiger partial charge is 0.133 e. The summed E-state index contributed by atoms with van der Waals surface area (Å²) < 4.78 is 5.85. The van der Waals surface area contributed by atoms with Crippen molar-refractivity contribution in [1.29, 1.82) is 0 Å². The molecule has 0 unspecified atom stereocenters. The van der Waals surface area contributed by atoms with Gasteiger partial charge in [-0.3, -0.25) is 4.98 Å². The number of hydrogen-bond donors (Lipinski definition) is 0. The minimum atomic E-state index is 0.559. The highest BCUT2D eigenvalue weighted by Gasteiger charge is 2.21. The molecular formula is C16H17NO. The van der Waals surface area contributed by atoms with Crippen LogP contribution in [0.25, 0.3) is 5.57 Å².